The van der Waals surface area contributed by atoms with E-state index in [4.69, 9.17) is 10.5 Å². The summed E-state index contributed by atoms with van der Waals surface area (Å²) >= 11 is 0. The fourth-order valence-corrected chi connectivity index (χ4v) is 2.03. The van der Waals surface area contributed by atoms with Gasteiger partial charge in [0.15, 0.2) is 0 Å². The number of aryl methyl sites for hydroxylation is 1. The van der Waals surface area contributed by atoms with Crippen LogP contribution < -0.4 is 10.5 Å². The molecule has 2 aromatic rings. The lowest BCUT2D eigenvalue weighted by Gasteiger charge is -2.18. The van der Waals surface area contributed by atoms with Crippen molar-refractivity contribution in [3.8, 4) is 5.75 Å². The molecular formula is C13H18N2O. The van der Waals surface area contributed by atoms with Gasteiger partial charge in [-0.25, -0.2) is 0 Å². The number of ether oxygens (including phenoxy) is 1. The van der Waals surface area contributed by atoms with Crippen molar-refractivity contribution < 1.29 is 4.74 Å². The standard InChI is InChI=1S/C13H18N2O/c1-8-5-9-10(13(2,3)14)7-15-12(9)11(6-8)16-4/h5-7,15H,14H2,1-4H3. The summed E-state index contributed by atoms with van der Waals surface area (Å²) in [4.78, 5) is 3.24. The Morgan fingerprint density at radius 2 is 2.00 bits per heavy atom. The van der Waals surface area contributed by atoms with E-state index in [0.717, 1.165) is 22.2 Å². The first-order valence-electron chi connectivity index (χ1n) is 5.38. The molecule has 2 rings (SSSR count). The molecule has 0 unspecified atom stereocenters. The predicted octanol–water partition coefficient (Wildman–Crippen LogP) is 2.68. The monoisotopic (exact) mass is 218 g/mol. The minimum Gasteiger partial charge on any atom is -0.495 e. The summed E-state index contributed by atoms with van der Waals surface area (Å²) < 4.78 is 5.36. The summed E-state index contributed by atoms with van der Waals surface area (Å²) in [6, 6.07) is 4.16. The number of H-pyrrole nitrogens is 1. The van der Waals surface area contributed by atoms with Crippen molar-refractivity contribution in [2.24, 2.45) is 5.73 Å². The smallest absolute Gasteiger partial charge is 0.143 e. The number of hydrogen-bond donors (Lipinski definition) is 2. The zero-order valence-electron chi connectivity index (χ0n) is 10.2. The summed E-state index contributed by atoms with van der Waals surface area (Å²) in [5, 5.41) is 1.14. The average molecular weight is 218 g/mol. The highest BCUT2D eigenvalue weighted by Crippen LogP contribution is 2.32. The number of rotatable bonds is 2. The van der Waals surface area contributed by atoms with Gasteiger partial charge >= 0.3 is 0 Å². The van der Waals surface area contributed by atoms with Crippen molar-refractivity contribution in [1.29, 1.82) is 0 Å². The van der Waals surface area contributed by atoms with Gasteiger partial charge in [-0.1, -0.05) is 0 Å². The van der Waals surface area contributed by atoms with Gasteiger partial charge in [0.25, 0.3) is 0 Å². The maximum absolute atomic E-state index is 6.15. The van der Waals surface area contributed by atoms with Gasteiger partial charge < -0.3 is 15.5 Å². The van der Waals surface area contributed by atoms with Gasteiger partial charge in [-0.15, -0.1) is 0 Å². The lowest BCUT2D eigenvalue weighted by Crippen LogP contribution is -2.28. The molecule has 1 aromatic carbocycles. The number of benzene rings is 1. The third-order valence-electron chi connectivity index (χ3n) is 2.81. The van der Waals surface area contributed by atoms with Crippen molar-refractivity contribution in [3.05, 3.63) is 29.5 Å². The molecule has 0 amide bonds. The maximum Gasteiger partial charge on any atom is 0.143 e. The molecule has 0 fully saturated rings. The molecule has 0 bridgehead atoms. The Bertz CT molecular complexity index is 520. The molecular weight excluding hydrogens is 200 g/mol. The van der Waals surface area contributed by atoms with Gasteiger partial charge in [0.1, 0.15) is 5.75 Å². The number of nitrogens with one attached hydrogen (secondary N) is 1. The summed E-state index contributed by atoms with van der Waals surface area (Å²) in [6.07, 6.45) is 1.96. The Morgan fingerprint density at radius 3 is 2.56 bits per heavy atom. The number of nitrogens with two attached hydrogens (primary N) is 1. The zero-order valence-corrected chi connectivity index (χ0v) is 10.2. The van der Waals surface area contributed by atoms with Crippen molar-refractivity contribution in [3.63, 3.8) is 0 Å². The van der Waals surface area contributed by atoms with E-state index < -0.39 is 0 Å². The molecule has 1 heterocycles. The normalized spacial score (nSPS) is 12.1. The molecule has 3 N–H and O–H groups in total. The number of fused-ring (bicyclic) bond motifs is 1. The highest BCUT2D eigenvalue weighted by Gasteiger charge is 2.20. The van der Waals surface area contributed by atoms with Gasteiger partial charge in [0, 0.05) is 17.1 Å². The van der Waals surface area contributed by atoms with E-state index in [1.807, 2.05) is 26.1 Å². The van der Waals surface area contributed by atoms with E-state index in [0.29, 0.717) is 0 Å². The fourth-order valence-electron chi connectivity index (χ4n) is 2.03. The lowest BCUT2D eigenvalue weighted by atomic mass is 9.94. The van der Waals surface area contributed by atoms with Crippen LogP contribution in [0.15, 0.2) is 18.3 Å². The van der Waals surface area contributed by atoms with Gasteiger partial charge in [-0.3, -0.25) is 0 Å². The Hall–Kier alpha value is -1.48. The lowest BCUT2D eigenvalue weighted by molar-refractivity contribution is 0.418. The van der Waals surface area contributed by atoms with Crippen LogP contribution in [0.4, 0.5) is 0 Å². The highest BCUT2D eigenvalue weighted by molar-refractivity contribution is 5.89. The largest absolute Gasteiger partial charge is 0.495 e. The van der Waals surface area contributed by atoms with Crippen molar-refractivity contribution in [1.82, 2.24) is 4.98 Å². The molecule has 86 valence electrons. The summed E-state index contributed by atoms with van der Waals surface area (Å²) in [5.74, 6) is 0.866. The van der Waals surface area contributed by atoms with Crippen LogP contribution in [0, 0.1) is 6.92 Å². The average Bonchev–Trinajstić information content (AvgIpc) is 2.58. The summed E-state index contributed by atoms with van der Waals surface area (Å²) in [7, 11) is 1.68. The number of hydrogen-bond acceptors (Lipinski definition) is 2. The first-order chi connectivity index (χ1) is 7.43. The van der Waals surface area contributed by atoms with Gasteiger partial charge in [-0.2, -0.15) is 0 Å². The third kappa shape index (κ3) is 1.67. The Morgan fingerprint density at radius 1 is 1.31 bits per heavy atom. The quantitative estimate of drug-likeness (QED) is 0.814. The predicted molar refractivity (Wildman–Crippen MR) is 66.8 cm³/mol. The second kappa shape index (κ2) is 3.52. The van der Waals surface area contributed by atoms with Crippen LogP contribution in [0.5, 0.6) is 5.75 Å². The second-order valence-corrected chi connectivity index (χ2v) is 4.81. The van der Waals surface area contributed by atoms with Crippen molar-refractivity contribution in [2.45, 2.75) is 26.3 Å². The van der Waals surface area contributed by atoms with E-state index in [1.54, 1.807) is 7.11 Å². The van der Waals surface area contributed by atoms with Crippen LogP contribution in [0.3, 0.4) is 0 Å². The topological polar surface area (TPSA) is 51.0 Å². The van der Waals surface area contributed by atoms with E-state index in [-0.39, 0.29) is 5.54 Å². The van der Waals surface area contributed by atoms with Crippen LogP contribution in [-0.4, -0.2) is 12.1 Å². The minimum atomic E-state index is -0.350. The molecule has 0 spiro atoms. The fraction of sp³-hybridized carbons (Fsp3) is 0.385. The van der Waals surface area contributed by atoms with Crippen LogP contribution >= 0.6 is 0 Å². The maximum atomic E-state index is 6.15. The number of aromatic amines is 1. The third-order valence-corrected chi connectivity index (χ3v) is 2.81. The van der Waals surface area contributed by atoms with Crippen LogP contribution in [0.1, 0.15) is 25.0 Å². The Kier molecular flexibility index (Phi) is 2.43. The van der Waals surface area contributed by atoms with Gasteiger partial charge in [0.05, 0.1) is 12.6 Å². The van der Waals surface area contributed by atoms with E-state index in [2.05, 4.69) is 18.0 Å². The van der Waals surface area contributed by atoms with Crippen LogP contribution in [-0.2, 0) is 5.54 Å². The van der Waals surface area contributed by atoms with Crippen molar-refractivity contribution in [2.75, 3.05) is 7.11 Å². The zero-order chi connectivity index (χ0) is 11.9. The molecule has 3 nitrogen and oxygen atoms in total. The Labute approximate surface area is 95.6 Å². The van der Waals surface area contributed by atoms with E-state index in [1.165, 1.54) is 5.56 Å². The summed E-state index contributed by atoms with van der Waals surface area (Å²) in [6.45, 7) is 6.07. The molecule has 0 saturated carbocycles. The van der Waals surface area contributed by atoms with Crippen LogP contribution in [0.2, 0.25) is 0 Å². The van der Waals surface area contributed by atoms with Gasteiger partial charge in [-0.05, 0) is 44.0 Å². The van der Waals surface area contributed by atoms with Gasteiger partial charge in [0.2, 0.25) is 0 Å². The molecule has 1 aromatic heterocycles. The first-order valence-corrected chi connectivity index (χ1v) is 5.38. The Balaban J connectivity index is 2.77. The van der Waals surface area contributed by atoms with E-state index >= 15 is 0 Å². The number of aromatic nitrogens is 1. The minimum absolute atomic E-state index is 0.350. The summed E-state index contributed by atoms with van der Waals surface area (Å²) in [5.41, 5.74) is 9.10. The highest BCUT2D eigenvalue weighted by atomic mass is 16.5. The molecule has 0 saturated heterocycles. The number of methoxy groups -OCH3 is 1. The molecule has 0 atom stereocenters. The molecule has 0 aliphatic heterocycles. The molecule has 3 heteroatoms. The molecule has 0 aliphatic rings. The second-order valence-electron chi connectivity index (χ2n) is 4.81. The first kappa shape index (κ1) is 11.0. The molecule has 16 heavy (non-hydrogen) atoms. The SMILES string of the molecule is COc1cc(C)cc2c(C(C)(C)N)c[nH]c12. The molecule has 0 radical (unpaired) electrons. The van der Waals surface area contributed by atoms with Crippen LogP contribution in [0.25, 0.3) is 10.9 Å². The molecule has 0 aliphatic carbocycles. The van der Waals surface area contributed by atoms with E-state index in [9.17, 15) is 0 Å². The van der Waals surface area contributed by atoms with Crippen molar-refractivity contribution >= 4 is 10.9 Å².